The number of halogens is 2. The zero-order valence-electron chi connectivity index (χ0n) is 12.4. The van der Waals surface area contributed by atoms with Crippen LogP contribution < -0.4 is 5.32 Å². The largest absolute Gasteiger partial charge is 0.506 e. The summed E-state index contributed by atoms with van der Waals surface area (Å²) in [6.07, 6.45) is 0. The first-order valence-corrected chi connectivity index (χ1v) is 7.95. The number of rotatable bonds is 5. The third-order valence-electron chi connectivity index (χ3n) is 3.85. The summed E-state index contributed by atoms with van der Waals surface area (Å²) in [4.78, 5) is 2.43. The van der Waals surface area contributed by atoms with Gasteiger partial charge in [-0.3, -0.25) is 4.90 Å². The predicted molar refractivity (Wildman–Crippen MR) is 86.3 cm³/mol. The molecule has 1 fully saturated rings. The highest BCUT2D eigenvalue weighted by Crippen LogP contribution is 2.30. The Hall–Kier alpha value is -0.520. The lowest BCUT2D eigenvalue weighted by atomic mass is 10.1. The summed E-state index contributed by atoms with van der Waals surface area (Å²) in [7, 11) is 0. The topological polar surface area (TPSA) is 44.7 Å². The summed E-state index contributed by atoms with van der Waals surface area (Å²) in [6, 6.07) is 4.11. The molecule has 0 aliphatic carbocycles. The second-order valence-corrected chi connectivity index (χ2v) is 6.38. The summed E-state index contributed by atoms with van der Waals surface area (Å²) < 4.78 is 5.45. The van der Waals surface area contributed by atoms with E-state index in [0.29, 0.717) is 23.7 Å². The van der Waals surface area contributed by atoms with E-state index in [9.17, 15) is 5.11 Å². The Morgan fingerprint density at radius 1 is 1.48 bits per heavy atom. The number of nitrogens with one attached hydrogen (secondary N) is 1. The summed E-state index contributed by atoms with van der Waals surface area (Å²) in [5.41, 5.74) is 0.717. The number of morpholine rings is 1. The lowest BCUT2D eigenvalue weighted by Gasteiger charge is -2.38. The molecule has 1 aromatic carbocycles. The number of nitrogens with zero attached hydrogens (tertiary/aromatic N) is 1. The van der Waals surface area contributed by atoms with E-state index in [0.717, 1.165) is 31.9 Å². The average molecular weight is 333 g/mol. The van der Waals surface area contributed by atoms with Gasteiger partial charge < -0.3 is 15.2 Å². The Balaban J connectivity index is 1.86. The zero-order valence-corrected chi connectivity index (χ0v) is 13.9. The Kier molecular flexibility index (Phi) is 6.14. The molecule has 1 aliphatic rings. The first-order valence-electron chi connectivity index (χ1n) is 7.20. The minimum atomic E-state index is 0.0981. The van der Waals surface area contributed by atoms with Gasteiger partial charge in [0.15, 0.2) is 0 Å². The number of hydrogen-bond donors (Lipinski definition) is 2. The molecule has 1 saturated heterocycles. The fourth-order valence-corrected chi connectivity index (χ4v) is 3.22. The maximum Gasteiger partial charge on any atom is 0.138 e. The maximum atomic E-state index is 9.92. The summed E-state index contributed by atoms with van der Waals surface area (Å²) in [5, 5.41) is 14.1. The number of hydrogen-bond acceptors (Lipinski definition) is 4. The fraction of sp³-hybridized carbons (Fsp3) is 0.600. The molecule has 1 aromatic rings. The van der Waals surface area contributed by atoms with Crippen LogP contribution in [0.2, 0.25) is 10.0 Å². The van der Waals surface area contributed by atoms with Gasteiger partial charge in [0.1, 0.15) is 5.75 Å². The minimum absolute atomic E-state index is 0.0981. The number of aromatic hydroxyl groups is 1. The fourth-order valence-electron chi connectivity index (χ4n) is 2.68. The van der Waals surface area contributed by atoms with Crippen molar-refractivity contribution in [2.24, 2.45) is 0 Å². The predicted octanol–water partition coefficient (Wildman–Crippen LogP) is 2.90. The van der Waals surface area contributed by atoms with Crippen LogP contribution in [0.4, 0.5) is 0 Å². The third-order valence-corrected chi connectivity index (χ3v) is 4.35. The van der Waals surface area contributed by atoms with E-state index in [1.165, 1.54) is 0 Å². The van der Waals surface area contributed by atoms with Crippen LogP contribution >= 0.6 is 23.2 Å². The van der Waals surface area contributed by atoms with Crippen molar-refractivity contribution < 1.29 is 9.84 Å². The number of benzene rings is 1. The number of phenols is 1. The van der Waals surface area contributed by atoms with Crippen LogP contribution in [-0.4, -0.2) is 48.4 Å². The molecule has 4 nitrogen and oxygen atoms in total. The molecule has 21 heavy (non-hydrogen) atoms. The Bertz CT molecular complexity index is 485. The molecule has 0 bridgehead atoms. The van der Waals surface area contributed by atoms with Crippen LogP contribution in [0, 0.1) is 0 Å². The van der Waals surface area contributed by atoms with Crippen LogP contribution in [0.25, 0.3) is 0 Å². The van der Waals surface area contributed by atoms with Crippen LogP contribution in [0.5, 0.6) is 5.75 Å². The van der Waals surface area contributed by atoms with Crippen LogP contribution in [-0.2, 0) is 11.3 Å². The van der Waals surface area contributed by atoms with Gasteiger partial charge in [0, 0.05) is 42.3 Å². The number of phenolic OH excluding ortho intramolecular Hbond substituents is 1. The van der Waals surface area contributed by atoms with Gasteiger partial charge in [-0.1, -0.05) is 23.2 Å². The molecule has 0 aromatic heterocycles. The quantitative estimate of drug-likeness (QED) is 0.870. The minimum Gasteiger partial charge on any atom is -0.506 e. The first kappa shape index (κ1) is 16.8. The standard InChI is InChI=1S/C15H22Cl2N2O2/c1-10(19-3-4-21-9-11(19)2)7-18-8-12-5-13(16)6-14(17)15(12)20/h5-6,10-11,18,20H,3-4,7-9H2,1-2H3/t10-,11-/m1/s1. The lowest BCUT2D eigenvalue weighted by Crippen LogP contribution is -2.51. The van der Waals surface area contributed by atoms with Crippen molar-refractivity contribution in [1.29, 1.82) is 0 Å². The normalized spacial score (nSPS) is 21.4. The van der Waals surface area contributed by atoms with E-state index in [2.05, 4.69) is 24.1 Å². The van der Waals surface area contributed by atoms with Crippen molar-refractivity contribution in [1.82, 2.24) is 10.2 Å². The molecule has 1 aliphatic heterocycles. The number of ether oxygens (including phenoxy) is 1. The summed E-state index contributed by atoms with van der Waals surface area (Å²) in [5.74, 6) is 0.0981. The Labute approximate surface area is 136 Å². The van der Waals surface area contributed by atoms with Gasteiger partial charge in [0.05, 0.1) is 18.2 Å². The molecule has 0 radical (unpaired) electrons. The van der Waals surface area contributed by atoms with Crippen LogP contribution in [0.3, 0.4) is 0 Å². The summed E-state index contributed by atoms with van der Waals surface area (Å²) >= 11 is 11.9. The first-order chi connectivity index (χ1) is 9.99. The molecule has 0 saturated carbocycles. The molecular formula is C15H22Cl2N2O2. The van der Waals surface area contributed by atoms with Crippen LogP contribution in [0.15, 0.2) is 12.1 Å². The van der Waals surface area contributed by atoms with E-state index in [-0.39, 0.29) is 10.8 Å². The Morgan fingerprint density at radius 3 is 2.95 bits per heavy atom. The van der Waals surface area contributed by atoms with Crippen molar-refractivity contribution in [2.75, 3.05) is 26.3 Å². The van der Waals surface area contributed by atoms with Gasteiger partial charge in [0.2, 0.25) is 0 Å². The maximum absolute atomic E-state index is 9.92. The molecule has 6 heteroatoms. The van der Waals surface area contributed by atoms with Gasteiger partial charge in [-0.05, 0) is 26.0 Å². The van der Waals surface area contributed by atoms with Gasteiger partial charge in [-0.15, -0.1) is 0 Å². The monoisotopic (exact) mass is 332 g/mol. The molecule has 2 rings (SSSR count). The highest BCUT2D eigenvalue weighted by molar-refractivity contribution is 6.35. The molecular weight excluding hydrogens is 311 g/mol. The molecule has 2 atom stereocenters. The highest BCUT2D eigenvalue weighted by Gasteiger charge is 2.23. The van der Waals surface area contributed by atoms with Crippen molar-refractivity contribution in [3.05, 3.63) is 27.7 Å². The van der Waals surface area contributed by atoms with Gasteiger partial charge >= 0.3 is 0 Å². The molecule has 0 unspecified atom stereocenters. The zero-order chi connectivity index (χ0) is 15.4. The van der Waals surface area contributed by atoms with E-state index in [1.54, 1.807) is 12.1 Å². The second-order valence-electron chi connectivity index (χ2n) is 5.54. The van der Waals surface area contributed by atoms with Gasteiger partial charge in [-0.25, -0.2) is 0 Å². The van der Waals surface area contributed by atoms with E-state index >= 15 is 0 Å². The van der Waals surface area contributed by atoms with E-state index in [1.807, 2.05) is 0 Å². The highest BCUT2D eigenvalue weighted by atomic mass is 35.5. The van der Waals surface area contributed by atoms with E-state index in [4.69, 9.17) is 27.9 Å². The van der Waals surface area contributed by atoms with Crippen molar-refractivity contribution in [3.63, 3.8) is 0 Å². The van der Waals surface area contributed by atoms with Crippen molar-refractivity contribution in [3.8, 4) is 5.75 Å². The lowest BCUT2D eigenvalue weighted by molar-refractivity contribution is -0.0181. The smallest absolute Gasteiger partial charge is 0.138 e. The summed E-state index contributed by atoms with van der Waals surface area (Å²) in [6.45, 7) is 8.27. The molecule has 1 heterocycles. The molecule has 0 spiro atoms. The van der Waals surface area contributed by atoms with Gasteiger partial charge in [0.25, 0.3) is 0 Å². The molecule has 118 valence electrons. The van der Waals surface area contributed by atoms with Crippen LogP contribution in [0.1, 0.15) is 19.4 Å². The molecule has 2 N–H and O–H groups in total. The SMILES string of the molecule is C[C@H](CNCc1cc(Cl)cc(Cl)c1O)N1CCOC[C@H]1C. The molecule has 0 amide bonds. The average Bonchev–Trinajstić information content (AvgIpc) is 2.44. The third kappa shape index (κ3) is 4.47. The Morgan fingerprint density at radius 2 is 2.24 bits per heavy atom. The second kappa shape index (κ2) is 7.65. The van der Waals surface area contributed by atoms with Gasteiger partial charge in [-0.2, -0.15) is 0 Å². The van der Waals surface area contributed by atoms with Crippen molar-refractivity contribution >= 4 is 23.2 Å². The van der Waals surface area contributed by atoms with E-state index < -0.39 is 0 Å². The van der Waals surface area contributed by atoms with Crippen molar-refractivity contribution in [2.45, 2.75) is 32.5 Å².